The molecule has 0 saturated carbocycles. The summed E-state index contributed by atoms with van der Waals surface area (Å²) in [4.78, 5) is 13.7. The molecule has 0 fully saturated rings. The van der Waals surface area contributed by atoms with Crippen LogP contribution in [0.15, 0.2) is 0 Å². The largest absolute Gasteiger partial charge is 0.342 e. The van der Waals surface area contributed by atoms with E-state index in [2.05, 4.69) is 4.89 Å². The molecule has 1 N–H and O–H groups in total. The Labute approximate surface area is 58.3 Å². The number of hydrogen-bond acceptors (Lipinski definition) is 4. The van der Waals surface area contributed by atoms with Crippen molar-refractivity contribution in [3.8, 4) is 0 Å². The fourth-order valence-electron chi connectivity index (χ4n) is 0.406. The molecule has 0 radical (unpaired) electrons. The highest BCUT2D eigenvalue weighted by molar-refractivity contribution is 7.98. The SMILES string of the molecule is CSCCCC(=O)OO. The highest BCUT2D eigenvalue weighted by atomic mass is 32.2. The van der Waals surface area contributed by atoms with Crippen LogP contribution >= 0.6 is 11.8 Å². The number of carbonyl (C=O) groups is 1. The first kappa shape index (κ1) is 8.78. The van der Waals surface area contributed by atoms with Crippen molar-refractivity contribution in [2.75, 3.05) is 12.0 Å². The fourth-order valence-corrected chi connectivity index (χ4v) is 0.840. The third-order valence-corrected chi connectivity index (χ3v) is 1.53. The van der Waals surface area contributed by atoms with Gasteiger partial charge in [0.2, 0.25) is 0 Å². The lowest BCUT2D eigenvalue weighted by molar-refractivity contribution is -0.234. The Bertz CT molecular complexity index is 84.3. The first-order valence-electron chi connectivity index (χ1n) is 2.64. The zero-order valence-electron chi connectivity index (χ0n) is 5.29. The Morgan fingerprint density at radius 2 is 2.44 bits per heavy atom. The zero-order valence-corrected chi connectivity index (χ0v) is 6.11. The molecule has 0 spiro atoms. The molecule has 0 aliphatic rings. The van der Waals surface area contributed by atoms with Crippen molar-refractivity contribution in [1.82, 2.24) is 0 Å². The van der Waals surface area contributed by atoms with E-state index >= 15 is 0 Å². The minimum absolute atomic E-state index is 0.303. The first-order chi connectivity index (χ1) is 4.31. The smallest absolute Gasteiger partial charge is 0.301 e. The Morgan fingerprint density at radius 1 is 1.78 bits per heavy atom. The minimum Gasteiger partial charge on any atom is -0.301 e. The van der Waals surface area contributed by atoms with E-state index in [1.807, 2.05) is 6.26 Å². The van der Waals surface area contributed by atoms with Gasteiger partial charge in [-0.25, -0.2) is 4.79 Å². The van der Waals surface area contributed by atoms with Crippen molar-refractivity contribution in [3.63, 3.8) is 0 Å². The van der Waals surface area contributed by atoms with E-state index in [4.69, 9.17) is 5.26 Å². The van der Waals surface area contributed by atoms with Crippen LogP contribution in [0.25, 0.3) is 0 Å². The molecule has 54 valence electrons. The van der Waals surface area contributed by atoms with Gasteiger partial charge in [0, 0.05) is 6.42 Å². The molecule has 0 bridgehead atoms. The Hall–Kier alpha value is -0.220. The highest BCUT2D eigenvalue weighted by Crippen LogP contribution is 1.99. The minimum atomic E-state index is -0.552. The fraction of sp³-hybridized carbons (Fsp3) is 0.800. The van der Waals surface area contributed by atoms with Gasteiger partial charge < -0.3 is 4.89 Å². The van der Waals surface area contributed by atoms with Gasteiger partial charge in [-0.05, 0) is 18.4 Å². The average Bonchev–Trinajstić information content (AvgIpc) is 1.89. The quantitative estimate of drug-likeness (QED) is 0.371. The van der Waals surface area contributed by atoms with Crippen LogP contribution in [0, 0.1) is 0 Å². The molecule has 4 heteroatoms. The first-order valence-corrected chi connectivity index (χ1v) is 4.04. The van der Waals surface area contributed by atoms with Gasteiger partial charge in [-0.2, -0.15) is 17.0 Å². The van der Waals surface area contributed by atoms with Crippen molar-refractivity contribution in [2.24, 2.45) is 0 Å². The summed E-state index contributed by atoms with van der Waals surface area (Å²) in [5, 5.41) is 7.78. The summed E-state index contributed by atoms with van der Waals surface area (Å²) >= 11 is 1.66. The summed E-state index contributed by atoms with van der Waals surface area (Å²) in [7, 11) is 0. The van der Waals surface area contributed by atoms with Gasteiger partial charge in [-0.15, -0.1) is 0 Å². The maximum atomic E-state index is 10.2. The summed E-state index contributed by atoms with van der Waals surface area (Å²) in [6.45, 7) is 0. The predicted octanol–water partition coefficient (Wildman–Crippen LogP) is 1.15. The number of rotatable bonds is 4. The van der Waals surface area contributed by atoms with Crippen LogP contribution < -0.4 is 0 Å². The van der Waals surface area contributed by atoms with Gasteiger partial charge in [0.15, 0.2) is 0 Å². The molecule has 0 aromatic rings. The van der Waals surface area contributed by atoms with E-state index in [1.54, 1.807) is 11.8 Å². The predicted molar refractivity (Wildman–Crippen MR) is 36.3 cm³/mol. The highest BCUT2D eigenvalue weighted by Gasteiger charge is 1.98. The molecular formula is C5H10O3S. The van der Waals surface area contributed by atoms with Gasteiger partial charge in [0.25, 0.3) is 0 Å². The standard InChI is InChI=1S/C5H10O3S/c1-9-4-2-3-5(6)8-7/h7H,2-4H2,1H3. The van der Waals surface area contributed by atoms with E-state index in [-0.39, 0.29) is 0 Å². The molecular weight excluding hydrogens is 140 g/mol. The van der Waals surface area contributed by atoms with Crippen LogP contribution in [0.3, 0.4) is 0 Å². The normalized spacial score (nSPS) is 9.11. The lowest BCUT2D eigenvalue weighted by atomic mass is 10.3. The summed E-state index contributed by atoms with van der Waals surface area (Å²) < 4.78 is 0. The van der Waals surface area contributed by atoms with Crippen molar-refractivity contribution in [1.29, 1.82) is 0 Å². The zero-order chi connectivity index (χ0) is 7.11. The third kappa shape index (κ3) is 5.65. The molecule has 0 saturated heterocycles. The third-order valence-electron chi connectivity index (χ3n) is 0.831. The summed E-state index contributed by atoms with van der Waals surface area (Å²) in [6, 6.07) is 0. The van der Waals surface area contributed by atoms with Crippen LogP contribution in [0.2, 0.25) is 0 Å². The molecule has 0 atom stereocenters. The van der Waals surface area contributed by atoms with Crippen molar-refractivity contribution >= 4 is 17.7 Å². The molecule has 0 aromatic heterocycles. The molecule has 0 aromatic carbocycles. The molecule has 0 aliphatic heterocycles. The lowest BCUT2D eigenvalue weighted by Crippen LogP contribution is -2.00. The van der Waals surface area contributed by atoms with Gasteiger partial charge in [-0.1, -0.05) is 0 Å². The molecule has 0 aliphatic carbocycles. The maximum Gasteiger partial charge on any atom is 0.342 e. The topological polar surface area (TPSA) is 46.5 Å². The average molecular weight is 150 g/mol. The molecule has 3 nitrogen and oxygen atoms in total. The van der Waals surface area contributed by atoms with Crippen LogP contribution in [-0.4, -0.2) is 23.2 Å². The second-order valence-corrected chi connectivity index (χ2v) is 2.55. The second-order valence-electron chi connectivity index (χ2n) is 1.56. The second kappa shape index (κ2) is 5.91. The summed E-state index contributed by atoms with van der Waals surface area (Å²) in [5.41, 5.74) is 0. The van der Waals surface area contributed by atoms with Crippen LogP contribution in [0.1, 0.15) is 12.8 Å². The van der Waals surface area contributed by atoms with Crippen LogP contribution in [0.5, 0.6) is 0 Å². The maximum absolute atomic E-state index is 10.2. The Morgan fingerprint density at radius 3 is 2.89 bits per heavy atom. The van der Waals surface area contributed by atoms with Gasteiger partial charge >= 0.3 is 5.97 Å². The van der Waals surface area contributed by atoms with Crippen molar-refractivity contribution in [2.45, 2.75) is 12.8 Å². The Kier molecular flexibility index (Phi) is 5.76. The van der Waals surface area contributed by atoms with Crippen molar-refractivity contribution in [3.05, 3.63) is 0 Å². The van der Waals surface area contributed by atoms with Gasteiger partial charge in [0.05, 0.1) is 0 Å². The van der Waals surface area contributed by atoms with E-state index in [0.717, 1.165) is 12.2 Å². The number of hydrogen-bond donors (Lipinski definition) is 1. The summed E-state index contributed by atoms with van der Waals surface area (Å²) in [5.74, 6) is 0.374. The summed E-state index contributed by atoms with van der Waals surface area (Å²) in [6.07, 6.45) is 3.03. The van der Waals surface area contributed by atoms with E-state index in [9.17, 15) is 4.79 Å². The van der Waals surface area contributed by atoms with E-state index in [1.165, 1.54) is 0 Å². The van der Waals surface area contributed by atoms with Crippen molar-refractivity contribution < 1.29 is 14.9 Å². The molecule has 0 rings (SSSR count). The lowest BCUT2D eigenvalue weighted by Gasteiger charge is -1.93. The Balaban J connectivity index is 2.97. The van der Waals surface area contributed by atoms with Crippen LogP contribution in [-0.2, 0) is 9.68 Å². The monoisotopic (exact) mass is 150 g/mol. The number of thioether (sulfide) groups is 1. The van der Waals surface area contributed by atoms with Crippen LogP contribution in [0.4, 0.5) is 0 Å². The molecule has 0 amide bonds. The number of carbonyl (C=O) groups excluding carboxylic acids is 1. The van der Waals surface area contributed by atoms with Gasteiger partial charge in [-0.3, -0.25) is 0 Å². The molecule has 0 unspecified atom stereocenters. The molecule has 9 heavy (non-hydrogen) atoms. The van der Waals surface area contributed by atoms with E-state index in [0.29, 0.717) is 6.42 Å². The molecule has 0 heterocycles. The van der Waals surface area contributed by atoms with Gasteiger partial charge in [0.1, 0.15) is 0 Å². The van der Waals surface area contributed by atoms with E-state index < -0.39 is 5.97 Å².